The number of carbonyl (C=O) groups excluding carboxylic acids is 1. The molecule has 0 radical (unpaired) electrons. The highest BCUT2D eigenvalue weighted by Gasteiger charge is 2.24. The van der Waals surface area contributed by atoms with E-state index in [0.29, 0.717) is 6.42 Å². The minimum absolute atomic E-state index is 0.0242. The molecule has 0 rings (SSSR count). The van der Waals surface area contributed by atoms with E-state index in [1.807, 2.05) is 13.8 Å². The summed E-state index contributed by atoms with van der Waals surface area (Å²) >= 11 is 0. The number of carbonyl (C=O) groups is 2. The molecular weight excluding hydrogens is 212 g/mol. The maximum Gasteiger partial charge on any atom is 0.326 e. The van der Waals surface area contributed by atoms with Crippen molar-refractivity contribution in [3.05, 3.63) is 0 Å². The van der Waals surface area contributed by atoms with Gasteiger partial charge in [0, 0.05) is 13.7 Å². The molecule has 0 aliphatic heterocycles. The summed E-state index contributed by atoms with van der Waals surface area (Å²) in [5.74, 6) is -1.35. The average molecular weight is 232 g/mol. The third kappa shape index (κ3) is 5.09. The zero-order chi connectivity index (χ0) is 12.7. The predicted molar refractivity (Wildman–Crippen MR) is 58.9 cm³/mol. The van der Waals surface area contributed by atoms with Crippen LogP contribution in [0.3, 0.4) is 0 Å². The van der Waals surface area contributed by atoms with Gasteiger partial charge >= 0.3 is 5.97 Å². The molecule has 0 heterocycles. The van der Waals surface area contributed by atoms with Crippen LogP contribution in [0.5, 0.6) is 0 Å². The summed E-state index contributed by atoms with van der Waals surface area (Å²) in [6, 6.07) is -0.892. The highest BCUT2D eigenvalue weighted by atomic mass is 16.5. The van der Waals surface area contributed by atoms with Gasteiger partial charge in [0.2, 0.25) is 0 Å². The molecule has 0 saturated heterocycles. The first kappa shape index (κ1) is 14.9. The van der Waals surface area contributed by atoms with Gasteiger partial charge in [0.15, 0.2) is 0 Å². The van der Waals surface area contributed by atoms with Crippen LogP contribution in [-0.4, -0.2) is 42.8 Å². The maximum absolute atomic E-state index is 11.5. The maximum atomic E-state index is 11.5. The third-order valence-corrected chi connectivity index (χ3v) is 2.11. The van der Waals surface area contributed by atoms with Gasteiger partial charge in [0.25, 0.3) is 5.91 Å². The number of ether oxygens (including phenoxy) is 1. The molecule has 0 aliphatic carbocycles. The van der Waals surface area contributed by atoms with E-state index in [1.54, 1.807) is 0 Å². The quantitative estimate of drug-likeness (QED) is 0.553. The van der Waals surface area contributed by atoms with Crippen molar-refractivity contribution >= 4 is 11.9 Å². The second-order valence-electron chi connectivity index (χ2n) is 3.99. The molecule has 0 bridgehead atoms. The van der Waals surface area contributed by atoms with Crippen molar-refractivity contribution in [3.63, 3.8) is 0 Å². The van der Waals surface area contributed by atoms with Gasteiger partial charge in [-0.1, -0.05) is 13.8 Å². The van der Waals surface area contributed by atoms with Crippen LogP contribution in [0.1, 0.15) is 20.3 Å². The molecule has 0 saturated carbocycles. The van der Waals surface area contributed by atoms with Gasteiger partial charge in [0.1, 0.15) is 12.1 Å². The number of amides is 1. The first-order valence-electron chi connectivity index (χ1n) is 5.18. The van der Waals surface area contributed by atoms with Crippen molar-refractivity contribution in [3.8, 4) is 0 Å². The minimum Gasteiger partial charge on any atom is -0.480 e. The number of nitrogens with two attached hydrogens (primary N) is 1. The van der Waals surface area contributed by atoms with Crippen LogP contribution in [0, 0.1) is 5.92 Å². The Bertz CT molecular complexity index is 239. The zero-order valence-corrected chi connectivity index (χ0v) is 9.90. The molecule has 0 aromatic rings. The number of methoxy groups -OCH3 is 1. The number of nitrogens with one attached hydrogen (secondary N) is 1. The Labute approximate surface area is 95.1 Å². The van der Waals surface area contributed by atoms with Gasteiger partial charge < -0.3 is 20.9 Å². The number of aliphatic carboxylic acids is 1. The highest BCUT2D eigenvalue weighted by molar-refractivity contribution is 5.86. The predicted octanol–water partition coefficient (Wildman–Crippen LogP) is -0.424. The lowest BCUT2D eigenvalue weighted by atomic mass is 10.0. The van der Waals surface area contributed by atoms with Gasteiger partial charge in [-0.2, -0.15) is 0 Å². The summed E-state index contributed by atoms with van der Waals surface area (Å²) in [5.41, 5.74) is 5.30. The van der Waals surface area contributed by atoms with E-state index in [9.17, 15) is 9.59 Å². The molecule has 6 heteroatoms. The SMILES string of the molecule is COC(CN)C(=O)N[C@H](CC(C)C)C(=O)O. The summed E-state index contributed by atoms with van der Waals surface area (Å²) < 4.78 is 4.82. The summed E-state index contributed by atoms with van der Waals surface area (Å²) in [6.07, 6.45) is -0.420. The molecule has 6 nitrogen and oxygen atoms in total. The third-order valence-electron chi connectivity index (χ3n) is 2.11. The lowest BCUT2D eigenvalue weighted by molar-refractivity contribution is -0.144. The number of carboxylic acids is 1. The van der Waals surface area contributed by atoms with E-state index in [1.165, 1.54) is 7.11 Å². The van der Waals surface area contributed by atoms with E-state index >= 15 is 0 Å². The summed E-state index contributed by atoms with van der Waals surface area (Å²) in [6.45, 7) is 3.80. The van der Waals surface area contributed by atoms with E-state index in [4.69, 9.17) is 15.6 Å². The van der Waals surface area contributed by atoms with Crippen LogP contribution in [0.2, 0.25) is 0 Å². The van der Waals surface area contributed by atoms with Gasteiger partial charge in [-0.3, -0.25) is 4.79 Å². The van der Waals surface area contributed by atoms with Gasteiger partial charge in [-0.15, -0.1) is 0 Å². The molecule has 0 spiro atoms. The zero-order valence-electron chi connectivity index (χ0n) is 9.90. The Morgan fingerprint density at radius 1 is 1.44 bits per heavy atom. The number of hydrogen-bond donors (Lipinski definition) is 3. The molecule has 1 unspecified atom stereocenters. The van der Waals surface area contributed by atoms with Crippen LogP contribution < -0.4 is 11.1 Å². The molecule has 16 heavy (non-hydrogen) atoms. The lowest BCUT2D eigenvalue weighted by Gasteiger charge is -2.19. The normalized spacial score (nSPS) is 14.6. The van der Waals surface area contributed by atoms with E-state index in [0.717, 1.165) is 0 Å². The Morgan fingerprint density at radius 2 is 2.00 bits per heavy atom. The van der Waals surface area contributed by atoms with Crippen molar-refractivity contribution in [2.24, 2.45) is 11.7 Å². The number of rotatable bonds is 7. The van der Waals surface area contributed by atoms with Crippen molar-refractivity contribution in [2.45, 2.75) is 32.4 Å². The first-order valence-corrected chi connectivity index (χ1v) is 5.18. The van der Waals surface area contributed by atoms with Crippen LogP contribution in [0.25, 0.3) is 0 Å². The Morgan fingerprint density at radius 3 is 2.31 bits per heavy atom. The summed E-state index contributed by atoms with van der Waals surface area (Å²) in [5, 5.41) is 11.3. The van der Waals surface area contributed by atoms with Crippen molar-refractivity contribution in [1.82, 2.24) is 5.32 Å². The second-order valence-corrected chi connectivity index (χ2v) is 3.99. The summed E-state index contributed by atoms with van der Waals surface area (Å²) in [7, 11) is 1.36. The standard InChI is InChI=1S/C10H20N2O4/c1-6(2)4-7(10(14)15)12-9(13)8(5-11)16-3/h6-8H,4-5,11H2,1-3H3,(H,12,13)(H,14,15)/t7-,8?/m1/s1. The van der Waals surface area contributed by atoms with Gasteiger partial charge in [-0.25, -0.2) is 4.79 Å². The first-order chi connectivity index (χ1) is 7.42. The van der Waals surface area contributed by atoms with Gasteiger partial charge in [-0.05, 0) is 12.3 Å². The highest BCUT2D eigenvalue weighted by Crippen LogP contribution is 2.05. The molecule has 0 aliphatic rings. The Hall–Kier alpha value is -1.14. The van der Waals surface area contributed by atoms with Gasteiger partial charge in [0.05, 0.1) is 0 Å². The largest absolute Gasteiger partial charge is 0.480 e. The Kier molecular flexibility index (Phi) is 6.67. The van der Waals surface area contributed by atoms with Crippen molar-refractivity contribution in [1.29, 1.82) is 0 Å². The summed E-state index contributed by atoms with van der Waals surface area (Å²) in [4.78, 5) is 22.4. The van der Waals surface area contributed by atoms with Crippen LogP contribution in [0.4, 0.5) is 0 Å². The van der Waals surface area contributed by atoms with Crippen LogP contribution >= 0.6 is 0 Å². The van der Waals surface area contributed by atoms with Crippen LogP contribution in [0.15, 0.2) is 0 Å². The monoisotopic (exact) mass is 232 g/mol. The molecule has 1 amide bonds. The molecule has 4 N–H and O–H groups in total. The minimum atomic E-state index is -1.05. The number of hydrogen-bond acceptors (Lipinski definition) is 4. The lowest BCUT2D eigenvalue weighted by Crippen LogP contribution is -2.48. The molecule has 0 fully saturated rings. The smallest absolute Gasteiger partial charge is 0.326 e. The van der Waals surface area contributed by atoms with Crippen molar-refractivity contribution in [2.75, 3.05) is 13.7 Å². The second kappa shape index (κ2) is 7.19. The van der Waals surface area contributed by atoms with Crippen LogP contribution in [-0.2, 0) is 14.3 Å². The van der Waals surface area contributed by atoms with Crippen molar-refractivity contribution < 1.29 is 19.4 Å². The van der Waals surface area contributed by atoms with E-state index in [-0.39, 0.29) is 12.5 Å². The fraction of sp³-hybridized carbons (Fsp3) is 0.800. The van der Waals surface area contributed by atoms with E-state index in [2.05, 4.69) is 5.32 Å². The molecular formula is C10H20N2O4. The average Bonchev–Trinajstić information content (AvgIpc) is 2.17. The molecule has 2 atom stereocenters. The molecule has 94 valence electrons. The fourth-order valence-corrected chi connectivity index (χ4v) is 1.27. The number of carboxylic acid groups (broad SMARTS) is 1. The Balaban J connectivity index is 4.39. The van der Waals surface area contributed by atoms with E-state index < -0.39 is 24.0 Å². The molecule has 0 aromatic heterocycles. The topological polar surface area (TPSA) is 102 Å². The fourth-order valence-electron chi connectivity index (χ4n) is 1.27. The molecule has 0 aromatic carbocycles.